The van der Waals surface area contributed by atoms with E-state index in [-0.39, 0.29) is 12.1 Å². The fourth-order valence-corrected chi connectivity index (χ4v) is 2.66. The van der Waals surface area contributed by atoms with Crippen molar-refractivity contribution >= 4 is 17.2 Å². The van der Waals surface area contributed by atoms with Crippen LogP contribution in [0, 0.1) is 17.5 Å². The highest BCUT2D eigenvalue weighted by molar-refractivity contribution is 7.10. The first kappa shape index (κ1) is 16.5. The lowest BCUT2D eigenvalue weighted by atomic mass is 10.0. The maximum absolute atomic E-state index is 13.5. The summed E-state index contributed by atoms with van der Waals surface area (Å²) >= 11 is 1.34. The Hall–Kier alpha value is -1.86. The Kier molecular flexibility index (Phi) is 4.87. The van der Waals surface area contributed by atoms with Crippen LogP contribution >= 0.6 is 11.3 Å². The Labute approximate surface area is 129 Å². The van der Waals surface area contributed by atoms with Crippen LogP contribution in [0.3, 0.4) is 0 Å². The molecule has 0 spiro atoms. The van der Waals surface area contributed by atoms with Crippen LogP contribution in [-0.4, -0.2) is 17.6 Å². The van der Waals surface area contributed by atoms with Crippen molar-refractivity contribution in [2.75, 3.05) is 6.54 Å². The fraction of sp³-hybridized carbons (Fsp3) is 0.267. The lowest BCUT2D eigenvalue weighted by Crippen LogP contribution is -2.38. The molecule has 22 heavy (non-hydrogen) atoms. The van der Waals surface area contributed by atoms with E-state index in [0.717, 1.165) is 0 Å². The minimum absolute atomic E-state index is 0.0718. The molecule has 0 radical (unpaired) electrons. The standard InChI is InChI=1S/C15H14F3NO2S/c1-15(21,13-3-2-4-22-13)8-19-14(20)6-9-5-11(17)12(18)7-10(9)16/h2-5,7,21H,6,8H2,1H3,(H,19,20). The number of thiophene rings is 1. The molecular weight excluding hydrogens is 315 g/mol. The van der Waals surface area contributed by atoms with Gasteiger partial charge in [-0.25, -0.2) is 13.2 Å². The Morgan fingerprint density at radius 1 is 1.27 bits per heavy atom. The molecule has 0 aliphatic carbocycles. The van der Waals surface area contributed by atoms with Crippen LogP contribution in [0.25, 0.3) is 0 Å². The molecule has 0 aliphatic rings. The highest BCUT2D eigenvalue weighted by atomic mass is 32.1. The number of nitrogens with one attached hydrogen (secondary N) is 1. The molecule has 1 heterocycles. The Bertz CT molecular complexity index is 672. The van der Waals surface area contributed by atoms with Gasteiger partial charge in [-0.15, -0.1) is 11.3 Å². The van der Waals surface area contributed by atoms with E-state index in [1.807, 2.05) is 0 Å². The van der Waals surface area contributed by atoms with Gasteiger partial charge in [-0.05, 0) is 24.4 Å². The number of benzene rings is 1. The molecule has 0 saturated heterocycles. The minimum Gasteiger partial charge on any atom is -0.383 e. The Morgan fingerprint density at radius 3 is 2.59 bits per heavy atom. The molecule has 2 N–H and O–H groups in total. The number of carbonyl (C=O) groups excluding carboxylic acids is 1. The largest absolute Gasteiger partial charge is 0.383 e. The van der Waals surface area contributed by atoms with Crippen molar-refractivity contribution < 1.29 is 23.1 Å². The third-order valence-electron chi connectivity index (χ3n) is 3.12. The molecule has 0 saturated carbocycles. The number of carbonyl (C=O) groups is 1. The summed E-state index contributed by atoms with van der Waals surface area (Å²) in [6, 6.07) is 4.56. The van der Waals surface area contributed by atoms with Gasteiger partial charge in [-0.2, -0.15) is 0 Å². The van der Waals surface area contributed by atoms with Crippen molar-refractivity contribution in [3.63, 3.8) is 0 Å². The third kappa shape index (κ3) is 3.86. The summed E-state index contributed by atoms with van der Waals surface area (Å²) in [7, 11) is 0. The average molecular weight is 329 g/mol. The van der Waals surface area contributed by atoms with E-state index in [0.29, 0.717) is 17.0 Å². The molecule has 2 aromatic rings. The fourth-order valence-electron chi connectivity index (χ4n) is 1.88. The lowest BCUT2D eigenvalue weighted by molar-refractivity contribution is -0.121. The first-order valence-electron chi connectivity index (χ1n) is 6.46. The SMILES string of the molecule is CC(O)(CNC(=O)Cc1cc(F)c(F)cc1F)c1cccs1. The zero-order valence-corrected chi connectivity index (χ0v) is 12.5. The maximum atomic E-state index is 13.5. The predicted molar refractivity (Wildman–Crippen MR) is 76.9 cm³/mol. The molecule has 0 fully saturated rings. The summed E-state index contributed by atoms with van der Waals surface area (Å²) in [5.74, 6) is -4.10. The zero-order chi connectivity index (χ0) is 16.3. The van der Waals surface area contributed by atoms with Crippen LogP contribution in [0.1, 0.15) is 17.4 Å². The van der Waals surface area contributed by atoms with E-state index >= 15 is 0 Å². The maximum Gasteiger partial charge on any atom is 0.224 e. The van der Waals surface area contributed by atoms with Crippen LogP contribution < -0.4 is 5.32 Å². The second kappa shape index (κ2) is 6.50. The number of rotatable bonds is 5. The van der Waals surface area contributed by atoms with Crippen LogP contribution in [0.2, 0.25) is 0 Å². The van der Waals surface area contributed by atoms with Gasteiger partial charge in [-0.1, -0.05) is 6.07 Å². The molecule has 1 aromatic heterocycles. The Balaban J connectivity index is 1.98. The van der Waals surface area contributed by atoms with Crippen molar-refractivity contribution in [1.29, 1.82) is 0 Å². The summed E-state index contributed by atoms with van der Waals surface area (Å²) in [5.41, 5.74) is -1.50. The van der Waals surface area contributed by atoms with E-state index < -0.39 is 35.4 Å². The van der Waals surface area contributed by atoms with Gasteiger partial charge in [0.25, 0.3) is 0 Å². The molecular formula is C15H14F3NO2S. The molecule has 118 valence electrons. The number of halogens is 3. The molecule has 1 atom stereocenters. The van der Waals surface area contributed by atoms with Gasteiger partial charge in [0.05, 0.1) is 13.0 Å². The summed E-state index contributed by atoms with van der Waals surface area (Å²) in [6.07, 6.45) is -0.441. The second-order valence-corrected chi connectivity index (χ2v) is 6.01. The number of amides is 1. The molecule has 0 bridgehead atoms. The van der Waals surface area contributed by atoms with Crippen LogP contribution in [-0.2, 0) is 16.8 Å². The molecule has 0 aliphatic heterocycles. The van der Waals surface area contributed by atoms with Gasteiger partial charge in [0, 0.05) is 16.5 Å². The van der Waals surface area contributed by atoms with E-state index in [4.69, 9.17) is 0 Å². The summed E-state index contributed by atoms with van der Waals surface area (Å²) in [4.78, 5) is 12.4. The van der Waals surface area contributed by atoms with Gasteiger partial charge in [0.2, 0.25) is 5.91 Å². The smallest absolute Gasteiger partial charge is 0.224 e. The van der Waals surface area contributed by atoms with Gasteiger partial charge in [0.15, 0.2) is 11.6 Å². The van der Waals surface area contributed by atoms with Crippen molar-refractivity contribution in [1.82, 2.24) is 5.32 Å². The zero-order valence-electron chi connectivity index (χ0n) is 11.7. The first-order valence-corrected chi connectivity index (χ1v) is 7.34. The van der Waals surface area contributed by atoms with E-state index in [9.17, 15) is 23.1 Å². The van der Waals surface area contributed by atoms with E-state index in [1.54, 1.807) is 17.5 Å². The molecule has 2 rings (SSSR count). The summed E-state index contributed by atoms with van der Waals surface area (Å²) in [6.45, 7) is 1.47. The van der Waals surface area contributed by atoms with Crippen molar-refractivity contribution in [2.24, 2.45) is 0 Å². The summed E-state index contributed by atoms with van der Waals surface area (Å²) in [5, 5.41) is 14.5. The van der Waals surface area contributed by atoms with Gasteiger partial charge >= 0.3 is 0 Å². The van der Waals surface area contributed by atoms with Crippen LogP contribution in [0.4, 0.5) is 13.2 Å². The monoisotopic (exact) mass is 329 g/mol. The molecule has 3 nitrogen and oxygen atoms in total. The van der Waals surface area contributed by atoms with Gasteiger partial charge in [0.1, 0.15) is 11.4 Å². The predicted octanol–water partition coefficient (Wildman–Crippen LogP) is 2.73. The first-order chi connectivity index (χ1) is 10.3. The number of aliphatic hydroxyl groups is 1. The van der Waals surface area contributed by atoms with E-state index in [2.05, 4.69) is 5.32 Å². The molecule has 1 unspecified atom stereocenters. The highest BCUT2D eigenvalue weighted by Gasteiger charge is 2.25. The Morgan fingerprint density at radius 2 is 1.95 bits per heavy atom. The van der Waals surface area contributed by atoms with Crippen molar-refractivity contribution in [2.45, 2.75) is 18.9 Å². The summed E-state index contributed by atoms with van der Waals surface area (Å²) < 4.78 is 39.3. The normalized spacial score (nSPS) is 13.7. The van der Waals surface area contributed by atoms with Crippen LogP contribution in [0.15, 0.2) is 29.6 Å². The quantitative estimate of drug-likeness (QED) is 0.829. The number of hydrogen-bond acceptors (Lipinski definition) is 3. The molecule has 1 amide bonds. The van der Waals surface area contributed by atoms with Crippen molar-refractivity contribution in [3.05, 3.63) is 57.5 Å². The van der Waals surface area contributed by atoms with E-state index in [1.165, 1.54) is 18.3 Å². The minimum atomic E-state index is -1.30. The second-order valence-electron chi connectivity index (χ2n) is 5.06. The molecule has 1 aromatic carbocycles. The molecule has 7 heteroatoms. The lowest BCUT2D eigenvalue weighted by Gasteiger charge is -2.22. The van der Waals surface area contributed by atoms with Crippen LogP contribution in [0.5, 0.6) is 0 Å². The van der Waals surface area contributed by atoms with Gasteiger partial charge < -0.3 is 10.4 Å². The average Bonchev–Trinajstić information content (AvgIpc) is 2.98. The topological polar surface area (TPSA) is 49.3 Å². The van der Waals surface area contributed by atoms with Gasteiger partial charge in [-0.3, -0.25) is 4.79 Å². The van der Waals surface area contributed by atoms with Crippen molar-refractivity contribution in [3.8, 4) is 0 Å². The number of hydrogen-bond donors (Lipinski definition) is 2. The third-order valence-corrected chi connectivity index (χ3v) is 4.25. The highest BCUT2D eigenvalue weighted by Crippen LogP contribution is 2.24.